The van der Waals surface area contributed by atoms with Gasteiger partial charge in [0, 0.05) is 18.5 Å². The third kappa shape index (κ3) is 2.80. The van der Waals surface area contributed by atoms with Gasteiger partial charge in [0.25, 0.3) is 5.91 Å². The number of aromatic nitrogens is 2. The first-order valence-corrected chi connectivity index (χ1v) is 8.55. The number of aliphatic hydroxyl groups is 1. The van der Waals surface area contributed by atoms with E-state index >= 15 is 0 Å². The van der Waals surface area contributed by atoms with Gasteiger partial charge in [0.15, 0.2) is 0 Å². The maximum atomic E-state index is 12.6. The average Bonchev–Trinajstić information content (AvgIpc) is 3.21. The van der Waals surface area contributed by atoms with Crippen LogP contribution in [0, 0.1) is 17.3 Å². The number of hydrogen-bond acceptors (Lipinski definition) is 5. The highest BCUT2D eigenvalue weighted by Crippen LogP contribution is 2.48. The van der Waals surface area contributed by atoms with Crippen LogP contribution in [0.2, 0.25) is 0 Å². The molecule has 6 nitrogen and oxygen atoms in total. The van der Waals surface area contributed by atoms with Crippen molar-refractivity contribution in [3.63, 3.8) is 0 Å². The second-order valence-corrected chi connectivity index (χ2v) is 7.29. The molecular formula is C17H23N3O3. The Morgan fingerprint density at radius 1 is 1.35 bits per heavy atom. The average molecular weight is 317 g/mol. The van der Waals surface area contributed by atoms with Gasteiger partial charge in [-0.2, -0.15) is 0 Å². The zero-order chi connectivity index (χ0) is 15.9. The van der Waals surface area contributed by atoms with Gasteiger partial charge in [-0.05, 0) is 37.5 Å². The summed E-state index contributed by atoms with van der Waals surface area (Å²) in [6.07, 6.45) is 8.76. The smallest absolute Gasteiger partial charge is 0.274 e. The lowest BCUT2D eigenvalue weighted by Crippen LogP contribution is -2.34. The zero-order valence-electron chi connectivity index (χ0n) is 13.3. The van der Waals surface area contributed by atoms with E-state index in [1.165, 1.54) is 25.2 Å². The molecule has 6 heteroatoms. The molecule has 124 valence electrons. The Balaban J connectivity index is 1.40. The summed E-state index contributed by atoms with van der Waals surface area (Å²) in [5.41, 5.74) is 0.271. The first-order valence-electron chi connectivity index (χ1n) is 8.55. The lowest BCUT2D eigenvalue weighted by Gasteiger charge is -2.25. The lowest BCUT2D eigenvalue weighted by molar-refractivity contribution is 0.0728. The molecule has 0 unspecified atom stereocenters. The monoisotopic (exact) mass is 317 g/mol. The molecule has 1 N–H and O–H groups in total. The molecule has 4 rings (SSSR count). The highest BCUT2D eigenvalue weighted by molar-refractivity contribution is 5.92. The summed E-state index contributed by atoms with van der Waals surface area (Å²) >= 11 is 0. The van der Waals surface area contributed by atoms with Gasteiger partial charge in [0.1, 0.15) is 5.69 Å². The van der Waals surface area contributed by atoms with Gasteiger partial charge in [-0.3, -0.25) is 4.79 Å². The summed E-state index contributed by atoms with van der Waals surface area (Å²) in [5.74, 6) is 1.48. The molecule has 2 aliphatic carbocycles. The number of amides is 1. The predicted octanol–water partition coefficient (Wildman–Crippen LogP) is 1.50. The highest BCUT2D eigenvalue weighted by atomic mass is 16.5. The van der Waals surface area contributed by atoms with E-state index in [1.807, 2.05) is 4.90 Å². The van der Waals surface area contributed by atoms with Gasteiger partial charge in [-0.15, -0.1) is 0 Å². The molecule has 3 aliphatic rings. The molecule has 0 bridgehead atoms. The maximum absolute atomic E-state index is 12.6. The molecule has 0 radical (unpaired) electrons. The first kappa shape index (κ1) is 14.9. The fourth-order valence-corrected chi connectivity index (χ4v) is 3.98. The molecular weight excluding hydrogens is 294 g/mol. The minimum absolute atomic E-state index is 0.0869. The molecule has 0 aromatic carbocycles. The molecule has 23 heavy (non-hydrogen) atoms. The van der Waals surface area contributed by atoms with Crippen LogP contribution in [0.15, 0.2) is 12.4 Å². The van der Waals surface area contributed by atoms with Gasteiger partial charge >= 0.3 is 0 Å². The fraction of sp³-hybridized carbons (Fsp3) is 0.706. The van der Waals surface area contributed by atoms with Crippen molar-refractivity contribution in [3.05, 3.63) is 18.1 Å². The van der Waals surface area contributed by atoms with E-state index in [-0.39, 0.29) is 17.9 Å². The van der Waals surface area contributed by atoms with Gasteiger partial charge in [0.2, 0.25) is 5.88 Å². The summed E-state index contributed by atoms with van der Waals surface area (Å²) < 4.78 is 5.55. The standard InChI is InChI=1S/C17H23N3O3/c21-11-17-5-1-2-13(17)8-20(10-17)16(22)14-6-19-15(7-18-14)23-9-12-3-4-12/h6-7,12-13,21H,1-5,8-11H2/t13-,17+/m0/s1. The van der Waals surface area contributed by atoms with Crippen molar-refractivity contribution in [2.45, 2.75) is 32.1 Å². The topological polar surface area (TPSA) is 75.5 Å². The Morgan fingerprint density at radius 3 is 2.87 bits per heavy atom. The van der Waals surface area contributed by atoms with Gasteiger partial charge in [-0.1, -0.05) is 6.42 Å². The summed E-state index contributed by atoms with van der Waals surface area (Å²) in [4.78, 5) is 22.9. The van der Waals surface area contributed by atoms with E-state index in [9.17, 15) is 9.90 Å². The van der Waals surface area contributed by atoms with Crippen LogP contribution < -0.4 is 4.74 Å². The highest BCUT2D eigenvalue weighted by Gasteiger charge is 2.50. The minimum Gasteiger partial charge on any atom is -0.476 e. The molecule has 1 amide bonds. The fourth-order valence-electron chi connectivity index (χ4n) is 3.98. The molecule has 3 fully saturated rings. The van der Waals surface area contributed by atoms with Crippen molar-refractivity contribution >= 4 is 5.91 Å². The number of carbonyl (C=O) groups is 1. The van der Waals surface area contributed by atoms with Crippen molar-refractivity contribution in [2.75, 3.05) is 26.3 Å². The van der Waals surface area contributed by atoms with Crippen LogP contribution in [0.25, 0.3) is 0 Å². The number of nitrogens with zero attached hydrogens (tertiary/aromatic N) is 3. The van der Waals surface area contributed by atoms with Crippen LogP contribution in [-0.4, -0.2) is 52.2 Å². The third-order valence-electron chi connectivity index (χ3n) is 5.65. The quantitative estimate of drug-likeness (QED) is 0.891. The van der Waals surface area contributed by atoms with Gasteiger partial charge in [0.05, 0.1) is 25.6 Å². The van der Waals surface area contributed by atoms with E-state index in [2.05, 4.69) is 9.97 Å². The Morgan fingerprint density at radius 2 is 2.22 bits per heavy atom. The van der Waals surface area contributed by atoms with Crippen molar-refractivity contribution in [2.24, 2.45) is 17.3 Å². The van der Waals surface area contributed by atoms with E-state index in [0.717, 1.165) is 25.8 Å². The van der Waals surface area contributed by atoms with Crippen LogP contribution in [0.4, 0.5) is 0 Å². The summed E-state index contributed by atoms with van der Waals surface area (Å²) in [7, 11) is 0. The van der Waals surface area contributed by atoms with Crippen molar-refractivity contribution in [3.8, 4) is 5.88 Å². The van der Waals surface area contributed by atoms with Crippen LogP contribution in [0.3, 0.4) is 0 Å². The second kappa shape index (κ2) is 5.74. The van der Waals surface area contributed by atoms with Gasteiger partial charge in [-0.25, -0.2) is 9.97 Å². The van der Waals surface area contributed by atoms with Crippen molar-refractivity contribution < 1.29 is 14.6 Å². The molecule has 2 saturated carbocycles. The Kier molecular flexibility index (Phi) is 3.71. The molecule has 1 saturated heterocycles. The van der Waals surface area contributed by atoms with Crippen molar-refractivity contribution in [1.82, 2.24) is 14.9 Å². The number of aliphatic hydroxyl groups excluding tert-OH is 1. The summed E-state index contributed by atoms with van der Waals surface area (Å²) in [5, 5.41) is 9.76. The molecule has 1 aromatic rings. The van der Waals surface area contributed by atoms with E-state index in [0.29, 0.717) is 36.6 Å². The molecule has 2 heterocycles. The SMILES string of the molecule is O=C(c1cnc(OCC2CC2)cn1)N1C[C@@H]2CCC[C@]2(CO)C1. The number of rotatable bonds is 5. The normalized spacial score (nSPS) is 29.6. The number of fused-ring (bicyclic) bond motifs is 1. The van der Waals surface area contributed by atoms with Crippen LogP contribution >= 0.6 is 0 Å². The summed E-state index contributed by atoms with van der Waals surface area (Å²) in [6.45, 7) is 2.21. The van der Waals surface area contributed by atoms with Gasteiger partial charge < -0.3 is 14.7 Å². The zero-order valence-corrected chi connectivity index (χ0v) is 13.3. The number of carbonyl (C=O) groups excluding carboxylic acids is 1. The third-order valence-corrected chi connectivity index (χ3v) is 5.65. The number of hydrogen-bond donors (Lipinski definition) is 1. The molecule has 1 aromatic heterocycles. The first-order chi connectivity index (χ1) is 11.2. The lowest BCUT2D eigenvalue weighted by atomic mass is 9.82. The van der Waals surface area contributed by atoms with Crippen molar-refractivity contribution in [1.29, 1.82) is 0 Å². The Bertz CT molecular complexity index is 587. The van der Waals surface area contributed by atoms with E-state index in [4.69, 9.17) is 4.74 Å². The van der Waals surface area contributed by atoms with Crippen LogP contribution in [0.1, 0.15) is 42.6 Å². The second-order valence-electron chi connectivity index (χ2n) is 7.29. The number of ether oxygens (including phenoxy) is 1. The largest absolute Gasteiger partial charge is 0.476 e. The van der Waals surface area contributed by atoms with Crippen LogP contribution in [0.5, 0.6) is 5.88 Å². The molecule has 0 spiro atoms. The Labute approximate surface area is 135 Å². The molecule has 1 aliphatic heterocycles. The predicted molar refractivity (Wildman–Crippen MR) is 83.0 cm³/mol. The maximum Gasteiger partial charge on any atom is 0.274 e. The minimum atomic E-state index is -0.0894. The molecule has 2 atom stereocenters. The Hall–Kier alpha value is -1.69. The van der Waals surface area contributed by atoms with E-state index < -0.39 is 0 Å². The number of likely N-dealkylation sites (tertiary alicyclic amines) is 1. The summed E-state index contributed by atoms with van der Waals surface area (Å²) in [6, 6.07) is 0. The van der Waals surface area contributed by atoms with E-state index in [1.54, 1.807) is 0 Å². The van der Waals surface area contributed by atoms with Crippen LogP contribution in [-0.2, 0) is 0 Å².